The molecular weight excluding hydrogens is 176 g/mol. The van der Waals surface area contributed by atoms with Crippen molar-refractivity contribution in [1.82, 2.24) is 0 Å². The second-order valence-electron chi connectivity index (χ2n) is 4.58. The highest BCUT2D eigenvalue weighted by atomic mass is 16.5. The average molecular weight is 188 g/mol. The van der Waals surface area contributed by atoms with Crippen LogP contribution >= 0.6 is 0 Å². The highest BCUT2D eigenvalue weighted by molar-refractivity contribution is 5.91. The Hall–Kier alpha value is -1.31. The van der Waals surface area contributed by atoms with E-state index in [4.69, 9.17) is 4.74 Å². The SMILES string of the molecule is C[C@@]12COC(=O)[C@@]1(c1ccccc1)C2. The largest absolute Gasteiger partial charge is 0.464 e. The van der Waals surface area contributed by atoms with Crippen molar-refractivity contribution in [2.75, 3.05) is 6.61 Å². The van der Waals surface area contributed by atoms with Crippen molar-refractivity contribution in [3.8, 4) is 0 Å². The van der Waals surface area contributed by atoms with Gasteiger partial charge >= 0.3 is 5.97 Å². The van der Waals surface area contributed by atoms with Gasteiger partial charge in [-0.2, -0.15) is 0 Å². The first-order chi connectivity index (χ1) is 6.69. The van der Waals surface area contributed by atoms with Crippen molar-refractivity contribution in [3.63, 3.8) is 0 Å². The summed E-state index contributed by atoms with van der Waals surface area (Å²) in [7, 11) is 0. The maximum Gasteiger partial charge on any atom is 0.317 e. The smallest absolute Gasteiger partial charge is 0.317 e. The molecule has 1 heterocycles. The predicted molar refractivity (Wildman–Crippen MR) is 51.8 cm³/mol. The van der Waals surface area contributed by atoms with Crippen LogP contribution in [0.1, 0.15) is 18.9 Å². The van der Waals surface area contributed by atoms with Gasteiger partial charge in [0.1, 0.15) is 5.41 Å². The number of fused-ring (bicyclic) bond motifs is 1. The van der Waals surface area contributed by atoms with Gasteiger partial charge in [-0.05, 0) is 12.0 Å². The molecule has 2 fully saturated rings. The van der Waals surface area contributed by atoms with Gasteiger partial charge in [0.15, 0.2) is 0 Å². The van der Waals surface area contributed by atoms with Crippen molar-refractivity contribution < 1.29 is 9.53 Å². The van der Waals surface area contributed by atoms with E-state index < -0.39 is 0 Å². The molecular formula is C12H12O2. The van der Waals surface area contributed by atoms with Crippen LogP contribution in [0.3, 0.4) is 0 Å². The van der Waals surface area contributed by atoms with Crippen molar-refractivity contribution in [3.05, 3.63) is 35.9 Å². The van der Waals surface area contributed by atoms with Gasteiger partial charge in [-0.25, -0.2) is 0 Å². The standard InChI is InChI=1S/C12H12O2/c1-11-7-12(11,10(13)14-8-11)9-5-3-2-4-6-9/h2-6H,7-8H2,1H3/t11-,12+/m1/s1. The maximum atomic E-state index is 11.7. The highest BCUT2D eigenvalue weighted by Gasteiger charge is 2.75. The molecule has 1 saturated carbocycles. The Morgan fingerprint density at radius 3 is 2.50 bits per heavy atom. The summed E-state index contributed by atoms with van der Waals surface area (Å²) in [4.78, 5) is 11.7. The summed E-state index contributed by atoms with van der Waals surface area (Å²) in [5.41, 5.74) is 0.865. The summed E-state index contributed by atoms with van der Waals surface area (Å²) >= 11 is 0. The first-order valence-electron chi connectivity index (χ1n) is 4.92. The molecule has 2 nitrogen and oxygen atoms in total. The minimum absolute atomic E-state index is 0.0359. The Balaban J connectivity index is 2.12. The Bertz CT molecular complexity index is 398. The number of ether oxygens (including phenoxy) is 1. The second kappa shape index (κ2) is 2.19. The van der Waals surface area contributed by atoms with E-state index in [-0.39, 0.29) is 16.8 Å². The van der Waals surface area contributed by atoms with Crippen molar-refractivity contribution >= 4 is 5.97 Å². The first kappa shape index (κ1) is 8.04. The van der Waals surface area contributed by atoms with Crippen LogP contribution in [-0.2, 0) is 14.9 Å². The topological polar surface area (TPSA) is 26.3 Å². The number of benzene rings is 1. The molecule has 3 rings (SSSR count). The molecule has 2 heteroatoms. The Labute approximate surface area is 82.9 Å². The Kier molecular flexibility index (Phi) is 1.26. The Morgan fingerprint density at radius 1 is 1.29 bits per heavy atom. The van der Waals surface area contributed by atoms with Crippen molar-refractivity contribution in [2.24, 2.45) is 5.41 Å². The predicted octanol–water partition coefficient (Wildman–Crippen LogP) is 1.89. The van der Waals surface area contributed by atoms with Crippen LogP contribution in [-0.4, -0.2) is 12.6 Å². The fraction of sp³-hybridized carbons (Fsp3) is 0.417. The van der Waals surface area contributed by atoms with E-state index in [1.165, 1.54) is 0 Å². The fourth-order valence-corrected chi connectivity index (χ4v) is 2.67. The average Bonchev–Trinajstić information content (AvgIpc) is 2.77. The Morgan fingerprint density at radius 2 is 2.00 bits per heavy atom. The minimum atomic E-state index is -0.311. The van der Waals surface area contributed by atoms with Crippen molar-refractivity contribution in [1.29, 1.82) is 0 Å². The highest BCUT2D eigenvalue weighted by Crippen LogP contribution is 2.68. The number of esters is 1. The zero-order valence-corrected chi connectivity index (χ0v) is 8.12. The lowest BCUT2D eigenvalue weighted by molar-refractivity contribution is -0.142. The van der Waals surface area contributed by atoms with Gasteiger partial charge in [0, 0.05) is 5.41 Å². The van der Waals surface area contributed by atoms with E-state index in [9.17, 15) is 4.79 Å². The molecule has 0 aromatic heterocycles. The molecule has 1 aliphatic heterocycles. The molecule has 1 saturated heterocycles. The zero-order chi connectivity index (χ0) is 9.81. The molecule has 1 aliphatic carbocycles. The van der Waals surface area contributed by atoms with Crippen LogP contribution in [0.25, 0.3) is 0 Å². The van der Waals surface area contributed by atoms with Crippen molar-refractivity contribution in [2.45, 2.75) is 18.8 Å². The van der Waals surface area contributed by atoms with E-state index in [0.717, 1.165) is 12.0 Å². The van der Waals surface area contributed by atoms with E-state index >= 15 is 0 Å². The summed E-state index contributed by atoms with van der Waals surface area (Å²) in [6, 6.07) is 9.98. The molecule has 1 aromatic rings. The molecule has 0 radical (unpaired) electrons. The first-order valence-corrected chi connectivity index (χ1v) is 4.92. The molecule has 0 N–H and O–H groups in total. The molecule has 0 amide bonds. The molecule has 0 spiro atoms. The summed E-state index contributed by atoms with van der Waals surface area (Å²) < 4.78 is 5.14. The van der Waals surface area contributed by atoms with E-state index in [0.29, 0.717) is 6.61 Å². The minimum Gasteiger partial charge on any atom is -0.464 e. The lowest BCUT2D eigenvalue weighted by Gasteiger charge is -2.10. The van der Waals surface area contributed by atoms with E-state index in [2.05, 4.69) is 6.92 Å². The summed E-state index contributed by atoms with van der Waals surface area (Å²) in [6.07, 6.45) is 0.947. The quantitative estimate of drug-likeness (QED) is 0.629. The summed E-state index contributed by atoms with van der Waals surface area (Å²) in [5, 5.41) is 0. The molecule has 2 aliphatic rings. The van der Waals surface area contributed by atoms with Crippen LogP contribution in [0.2, 0.25) is 0 Å². The van der Waals surface area contributed by atoms with Gasteiger partial charge in [-0.3, -0.25) is 4.79 Å². The van der Waals surface area contributed by atoms with Crippen LogP contribution < -0.4 is 0 Å². The van der Waals surface area contributed by atoms with E-state index in [1.54, 1.807) is 0 Å². The maximum absolute atomic E-state index is 11.7. The number of hydrogen-bond acceptors (Lipinski definition) is 2. The van der Waals surface area contributed by atoms with Crippen LogP contribution in [0.5, 0.6) is 0 Å². The third kappa shape index (κ3) is 0.707. The normalized spacial score (nSPS) is 39.1. The van der Waals surface area contributed by atoms with Gasteiger partial charge in [0.05, 0.1) is 6.61 Å². The van der Waals surface area contributed by atoms with Crippen LogP contribution in [0, 0.1) is 5.41 Å². The summed E-state index contributed by atoms with van der Waals surface area (Å²) in [5.74, 6) is -0.0359. The lowest BCUT2D eigenvalue weighted by atomic mass is 9.89. The molecule has 0 bridgehead atoms. The van der Waals surface area contributed by atoms with Gasteiger partial charge in [0.2, 0.25) is 0 Å². The monoisotopic (exact) mass is 188 g/mol. The number of rotatable bonds is 1. The molecule has 0 unspecified atom stereocenters. The molecule has 1 aromatic carbocycles. The number of cyclic esters (lactones) is 1. The van der Waals surface area contributed by atoms with E-state index in [1.807, 2.05) is 30.3 Å². The zero-order valence-electron chi connectivity index (χ0n) is 8.12. The molecule has 14 heavy (non-hydrogen) atoms. The fourth-order valence-electron chi connectivity index (χ4n) is 2.67. The second-order valence-corrected chi connectivity index (χ2v) is 4.58. The number of hydrogen-bond donors (Lipinski definition) is 0. The molecule has 2 atom stereocenters. The third-order valence-corrected chi connectivity index (χ3v) is 3.70. The molecule has 72 valence electrons. The van der Waals surface area contributed by atoms with Crippen LogP contribution in [0.15, 0.2) is 30.3 Å². The van der Waals surface area contributed by atoms with Gasteiger partial charge < -0.3 is 4.74 Å². The summed E-state index contributed by atoms with van der Waals surface area (Å²) in [6.45, 7) is 2.71. The van der Waals surface area contributed by atoms with Gasteiger partial charge in [0.25, 0.3) is 0 Å². The van der Waals surface area contributed by atoms with Gasteiger partial charge in [-0.15, -0.1) is 0 Å². The van der Waals surface area contributed by atoms with Gasteiger partial charge in [-0.1, -0.05) is 37.3 Å². The van der Waals surface area contributed by atoms with Crippen LogP contribution in [0.4, 0.5) is 0 Å². The number of carbonyl (C=O) groups is 1. The third-order valence-electron chi connectivity index (χ3n) is 3.70. The lowest BCUT2D eigenvalue weighted by Crippen LogP contribution is -2.20. The number of carbonyl (C=O) groups excluding carboxylic acids is 1.